The molecule has 4 rings (SSSR count). The van der Waals surface area contributed by atoms with Gasteiger partial charge in [-0.2, -0.15) is 0 Å². The fraction of sp³-hybridized carbons (Fsp3) is 0.111. The molecule has 1 heterocycles. The van der Waals surface area contributed by atoms with Gasteiger partial charge in [0.05, 0.1) is 0 Å². The molecule has 1 aromatic heterocycles. The Labute approximate surface area is 212 Å². The molecule has 0 fully saturated rings. The van der Waals surface area contributed by atoms with Crippen LogP contribution in [-0.2, 0) is 10.5 Å². The smallest absolute Gasteiger partial charge is 0.255 e. The maximum absolute atomic E-state index is 12.6. The summed E-state index contributed by atoms with van der Waals surface area (Å²) >= 11 is 2.85. The maximum Gasteiger partial charge on any atom is 0.255 e. The first kappa shape index (κ1) is 24.4. The first-order chi connectivity index (χ1) is 17.0. The third-order valence-corrected chi connectivity index (χ3v) is 7.12. The molecule has 6 nitrogen and oxygen atoms in total. The first-order valence-electron chi connectivity index (χ1n) is 10.9. The first-order valence-corrected chi connectivity index (χ1v) is 12.7. The second-order valence-electron chi connectivity index (χ2n) is 7.86. The Balaban J connectivity index is 1.27. The number of hydrogen-bond acceptors (Lipinski definition) is 6. The lowest BCUT2D eigenvalue weighted by molar-refractivity contribution is -0.111. The van der Waals surface area contributed by atoms with Crippen molar-refractivity contribution >= 4 is 51.8 Å². The van der Waals surface area contributed by atoms with Crippen molar-refractivity contribution in [1.82, 2.24) is 10.2 Å². The van der Waals surface area contributed by atoms with Crippen molar-refractivity contribution in [3.8, 4) is 0 Å². The molecule has 176 valence electrons. The van der Waals surface area contributed by atoms with Crippen LogP contribution in [0, 0.1) is 13.8 Å². The Bertz CT molecular complexity index is 1350. The highest BCUT2D eigenvalue weighted by molar-refractivity contribution is 8.00. The number of amides is 2. The minimum absolute atomic E-state index is 0.137. The van der Waals surface area contributed by atoms with Gasteiger partial charge in [-0.1, -0.05) is 83.3 Å². The van der Waals surface area contributed by atoms with Gasteiger partial charge < -0.3 is 5.32 Å². The third kappa shape index (κ3) is 7.11. The Hall–Kier alpha value is -3.75. The van der Waals surface area contributed by atoms with Crippen LogP contribution in [0.25, 0.3) is 6.08 Å². The monoisotopic (exact) mass is 500 g/mol. The summed E-state index contributed by atoms with van der Waals surface area (Å²) in [4.78, 5) is 24.7. The van der Waals surface area contributed by atoms with Gasteiger partial charge in [-0.25, -0.2) is 0 Å². The molecule has 2 N–H and O–H groups in total. The summed E-state index contributed by atoms with van der Waals surface area (Å²) in [5, 5.41) is 14.3. The highest BCUT2D eigenvalue weighted by Gasteiger charge is 2.10. The summed E-state index contributed by atoms with van der Waals surface area (Å²) < 4.78 is 0.754. The van der Waals surface area contributed by atoms with E-state index in [0.717, 1.165) is 32.3 Å². The summed E-state index contributed by atoms with van der Waals surface area (Å²) in [5.41, 5.74) is 5.62. The van der Waals surface area contributed by atoms with Crippen molar-refractivity contribution in [2.75, 3.05) is 10.6 Å². The van der Waals surface area contributed by atoms with E-state index in [9.17, 15) is 9.59 Å². The van der Waals surface area contributed by atoms with Gasteiger partial charge in [0.1, 0.15) is 0 Å². The standard InChI is InChI=1S/C27H24N4O2S2/c1-18-8-14-23(19(2)16-18)28-25(33)22-12-9-21(10-13-22)17-34-27-31-30-26(35-27)29-24(32)15-11-20-6-4-3-5-7-20/h3-16H,17H2,1-2H3,(H,28,33)(H,29,30,32)/b15-11+. The fourth-order valence-corrected chi connectivity index (χ4v) is 4.96. The lowest BCUT2D eigenvalue weighted by Crippen LogP contribution is -2.12. The number of carbonyl (C=O) groups is 2. The molecule has 0 saturated heterocycles. The van der Waals surface area contributed by atoms with Gasteiger partial charge in [0.25, 0.3) is 5.91 Å². The molecule has 8 heteroatoms. The summed E-state index contributed by atoms with van der Waals surface area (Å²) in [6, 6.07) is 23.1. The molecule has 4 aromatic rings. The van der Waals surface area contributed by atoms with Gasteiger partial charge in [0.2, 0.25) is 11.0 Å². The van der Waals surface area contributed by atoms with E-state index in [1.807, 2.05) is 86.6 Å². The second kappa shape index (κ2) is 11.6. The average Bonchev–Trinajstić information content (AvgIpc) is 3.31. The molecule has 0 unspecified atom stereocenters. The van der Waals surface area contributed by atoms with Gasteiger partial charge in [0.15, 0.2) is 4.34 Å². The van der Waals surface area contributed by atoms with Gasteiger partial charge in [0, 0.05) is 23.1 Å². The zero-order valence-corrected chi connectivity index (χ0v) is 21.0. The maximum atomic E-state index is 12.6. The number of rotatable bonds is 8. The van der Waals surface area contributed by atoms with Crippen molar-refractivity contribution in [2.24, 2.45) is 0 Å². The van der Waals surface area contributed by atoms with E-state index in [0.29, 0.717) is 16.4 Å². The number of thioether (sulfide) groups is 1. The molecule has 0 radical (unpaired) electrons. The molecule has 0 aliphatic rings. The summed E-state index contributed by atoms with van der Waals surface area (Å²) in [5.74, 6) is 0.286. The van der Waals surface area contributed by atoms with Crippen LogP contribution in [-0.4, -0.2) is 22.0 Å². The molecule has 0 spiro atoms. The Kier molecular flexibility index (Phi) is 8.07. The zero-order chi connectivity index (χ0) is 24.6. The van der Waals surface area contributed by atoms with Crippen LogP contribution in [0.3, 0.4) is 0 Å². The van der Waals surface area contributed by atoms with E-state index in [1.54, 1.807) is 6.08 Å². The predicted octanol–water partition coefficient (Wildman–Crippen LogP) is 6.35. The van der Waals surface area contributed by atoms with E-state index >= 15 is 0 Å². The van der Waals surface area contributed by atoms with E-state index in [-0.39, 0.29) is 11.8 Å². The van der Waals surface area contributed by atoms with Crippen LogP contribution < -0.4 is 10.6 Å². The van der Waals surface area contributed by atoms with Crippen molar-refractivity contribution in [1.29, 1.82) is 0 Å². The van der Waals surface area contributed by atoms with Crippen LogP contribution in [0.1, 0.15) is 32.6 Å². The van der Waals surface area contributed by atoms with Crippen molar-refractivity contribution in [2.45, 2.75) is 23.9 Å². The number of nitrogens with one attached hydrogen (secondary N) is 2. The van der Waals surface area contributed by atoms with Crippen LogP contribution in [0.2, 0.25) is 0 Å². The number of hydrogen-bond donors (Lipinski definition) is 2. The van der Waals surface area contributed by atoms with E-state index < -0.39 is 0 Å². The number of carbonyl (C=O) groups excluding carboxylic acids is 2. The Morgan fingerprint density at radius 2 is 1.71 bits per heavy atom. The van der Waals surface area contributed by atoms with Crippen molar-refractivity contribution < 1.29 is 9.59 Å². The van der Waals surface area contributed by atoms with Gasteiger partial charge in [-0.05, 0) is 54.8 Å². The number of nitrogens with zero attached hydrogens (tertiary/aromatic N) is 2. The lowest BCUT2D eigenvalue weighted by Gasteiger charge is -2.09. The molecular weight excluding hydrogens is 476 g/mol. The highest BCUT2D eigenvalue weighted by atomic mass is 32.2. The SMILES string of the molecule is Cc1ccc(NC(=O)c2ccc(CSc3nnc(NC(=O)/C=C/c4ccccc4)s3)cc2)c(C)c1. The van der Waals surface area contributed by atoms with Crippen molar-refractivity contribution in [3.05, 3.63) is 107 Å². The van der Waals surface area contributed by atoms with Gasteiger partial charge in [-0.15, -0.1) is 10.2 Å². The van der Waals surface area contributed by atoms with Crippen LogP contribution >= 0.6 is 23.1 Å². The third-order valence-electron chi connectivity index (χ3n) is 5.07. The lowest BCUT2D eigenvalue weighted by atomic mass is 10.1. The molecule has 0 atom stereocenters. The quantitative estimate of drug-likeness (QED) is 0.167. The normalized spacial score (nSPS) is 10.9. The number of benzene rings is 3. The van der Waals surface area contributed by atoms with Crippen LogP contribution in [0.15, 0.2) is 83.2 Å². The summed E-state index contributed by atoms with van der Waals surface area (Å²) in [7, 11) is 0. The number of aromatic nitrogens is 2. The minimum Gasteiger partial charge on any atom is -0.322 e. The molecule has 2 amide bonds. The van der Waals surface area contributed by atoms with Crippen LogP contribution in [0.4, 0.5) is 10.8 Å². The van der Waals surface area contributed by atoms with E-state index in [1.165, 1.54) is 29.2 Å². The van der Waals surface area contributed by atoms with E-state index in [2.05, 4.69) is 20.8 Å². The molecule has 3 aromatic carbocycles. The van der Waals surface area contributed by atoms with Crippen LogP contribution in [0.5, 0.6) is 0 Å². The topological polar surface area (TPSA) is 84.0 Å². The number of anilines is 2. The molecule has 35 heavy (non-hydrogen) atoms. The molecule has 0 aliphatic carbocycles. The highest BCUT2D eigenvalue weighted by Crippen LogP contribution is 2.28. The summed E-state index contributed by atoms with van der Waals surface area (Å²) in [6.07, 6.45) is 3.22. The Morgan fingerprint density at radius 1 is 0.943 bits per heavy atom. The van der Waals surface area contributed by atoms with Crippen molar-refractivity contribution in [3.63, 3.8) is 0 Å². The molecule has 0 aliphatic heterocycles. The molecule has 0 bridgehead atoms. The Morgan fingerprint density at radius 3 is 2.46 bits per heavy atom. The zero-order valence-electron chi connectivity index (χ0n) is 19.3. The molecular formula is C27H24N4O2S2. The molecule has 0 saturated carbocycles. The predicted molar refractivity (Wildman–Crippen MR) is 144 cm³/mol. The largest absolute Gasteiger partial charge is 0.322 e. The average molecular weight is 501 g/mol. The van der Waals surface area contributed by atoms with E-state index in [4.69, 9.17) is 0 Å². The fourth-order valence-electron chi connectivity index (χ4n) is 3.25. The second-order valence-corrected chi connectivity index (χ2v) is 10.1. The number of aryl methyl sites for hydroxylation is 2. The van der Waals surface area contributed by atoms with Gasteiger partial charge in [-0.3, -0.25) is 14.9 Å². The van der Waals surface area contributed by atoms with Gasteiger partial charge >= 0.3 is 0 Å². The minimum atomic E-state index is -0.253. The summed E-state index contributed by atoms with van der Waals surface area (Å²) in [6.45, 7) is 4.01.